The predicted octanol–water partition coefficient (Wildman–Crippen LogP) is 7.37. The Morgan fingerprint density at radius 2 is 1.74 bits per heavy atom. The van der Waals surface area contributed by atoms with Gasteiger partial charge in [0.1, 0.15) is 17.4 Å². The van der Waals surface area contributed by atoms with Crippen LogP contribution in [0, 0.1) is 21.4 Å². The van der Waals surface area contributed by atoms with Gasteiger partial charge in [-0.1, -0.05) is 38.1 Å². The van der Waals surface area contributed by atoms with Crippen LogP contribution < -0.4 is 24.6 Å². The molecule has 1 amide bonds. The molecule has 3 saturated heterocycles. The van der Waals surface area contributed by atoms with Gasteiger partial charge in [-0.05, 0) is 123 Å². The molecule has 19 nitrogen and oxygen atoms in total. The van der Waals surface area contributed by atoms with Crippen LogP contribution in [0.2, 0.25) is 0 Å². The Morgan fingerprint density at radius 1 is 0.958 bits per heavy atom. The van der Waals surface area contributed by atoms with E-state index in [2.05, 4.69) is 73.1 Å². The minimum absolute atomic E-state index is 0.0659. The van der Waals surface area contributed by atoms with E-state index in [0.717, 1.165) is 69.1 Å². The van der Waals surface area contributed by atoms with E-state index in [0.29, 0.717) is 86.7 Å². The van der Waals surface area contributed by atoms with Crippen LogP contribution in [0.4, 0.5) is 28.6 Å². The molecule has 3 atom stereocenters. The van der Waals surface area contributed by atoms with Crippen molar-refractivity contribution in [3.05, 3.63) is 93.7 Å². The lowest BCUT2D eigenvalue weighted by molar-refractivity contribution is -0.384. The minimum Gasteiger partial charge on any atom is -0.468 e. The summed E-state index contributed by atoms with van der Waals surface area (Å²) in [7, 11) is -4.79. The highest BCUT2D eigenvalue weighted by Gasteiger charge is 2.50. The molecule has 4 N–H and O–H groups in total. The third-order valence-corrected chi connectivity index (χ3v) is 17.6. The van der Waals surface area contributed by atoms with E-state index in [1.807, 2.05) is 29.2 Å². The monoisotopic (exact) mass is 1000 g/mol. The van der Waals surface area contributed by atoms with Crippen LogP contribution in [0.15, 0.2) is 71.9 Å². The van der Waals surface area contributed by atoms with Crippen LogP contribution in [-0.2, 0) is 19.5 Å². The molecule has 3 aromatic heterocycles. The number of ether oxygens (including phenoxy) is 3. The first kappa shape index (κ1) is 48.3. The van der Waals surface area contributed by atoms with E-state index in [1.165, 1.54) is 11.1 Å². The SMILES string of the molecule is CC(C)c1ccccc1[C@@H]1COCCN1C1CC2(CCN(c3ccc(C(=O)NS(=O)(=O)c4cc([N+](=O)[O-])c(NCC5CCC(C)(O)CC5)nn4)c(N4c5cc6cc[nH]c6nc5O[C@H]5COCC[C@@H]54)c3)CC2)C1. The summed E-state index contributed by atoms with van der Waals surface area (Å²) >= 11 is 0. The highest BCUT2D eigenvalue weighted by molar-refractivity contribution is 7.90. The van der Waals surface area contributed by atoms with Crippen molar-refractivity contribution >= 4 is 55.5 Å². The lowest BCUT2D eigenvalue weighted by Gasteiger charge is -2.57. The average molecular weight is 1010 g/mol. The maximum atomic E-state index is 14.7. The number of carbonyl (C=O) groups is 1. The molecule has 0 bridgehead atoms. The summed E-state index contributed by atoms with van der Waals surface area (Å²) < 4.78 is 48.8. The van der Waals surface area contributed by atoms with Gasteiger partial charge >= 0.3 is 5.69 Å². The molecule has 0 radical (unpaired) electrons. The van der Waals surface area contributed by atoms with Crippen molar-refractivity contribution in [2.24, 2.45) is 11.3 Å². The van der Waals surface area contributed by atoms with Crippen molar-refractivity contribution in [3.8, 4) is 5.88 Å². The molecule has 2 aliphatic carbocycles. The number of nitrogens with one attached hydrogen (secondary N) is 3. The van der Waals surface area contributed by atoms with Gasteiger partial charge in [-0.15, -0.1) is 10.2 Å². The van der Waals surface area contributed by atoms with Gasteiger partial charge in [-0.3, -0.25) is 19.8 Å². The number of anilines is 4. The van der Waals surface area contributed by atoms with E-state index in [-0.39, 0.29) is 41.4 Å². The molecular weight excluding hydrogens is 941 g/mol. The number of hydrogen-bond acceptors (Lipinski definition) is 16. The third-order valence-electron chi connectivity index (χ3n) is 16.4. The highest BCUT2D eigenvalue weighted by atomic mass is 32.2. The lowest BCUT2D eigenvalue weighted by Crippen LogP contribution is -2.58. The van der Waals surface area contributed by atoms with E-state index in [1.54, 1.807) is 19.2 Å². The Labute approximate surface area is 419 Å². The number of hydrogen-bond donors (Lipinski definition) is 4. The first-order valence-corrected chi connectivity index (χ1v) is 27.0. The molecule has 20 heteroatoms. The predicted molar refractivity (Wildman–Crippen MR) is 270 cm³/mol. The quantitative estimate of drug-likeness (QED) is 0.0706. The zero-order chi connectivity index (χ0) is 49.9. The summed E-state index contributed by atoms with van der Waals surface area (Å²) in [6.07, 6.45) is 8.82. The fourth-order valence-corrected chi connectivity index (χ4v) is 13.2. The number of H-pyrrole nitrogens is 1. The Bertz CT molecular complexity index is 2960. The van der Waals surface area contributed by atoms with Crippen LogP contribution in [0.3, 0.4) is 0 Å². The Balaban J connectivity index is 0.864. The van der Waals surface area contributed by atoms with Crippen molar-refractivity contribution in [1.82, 2.24) is 29.8 Å². The standard InChI is InChI=1S/C52H64N10O9S/c1-32(2)37-6-4-5-7-38(37)44-30-70-23-21-60(44)36-27-52(28-36)16-19-59(20-17-52)35-8-9-39(41(25-35)61-40-13-22-69-31-45(40)71-50-43(61)24-34-12-18-53-47(34)55-50)49(63)58-72(67,68)46-26-42(62(65)66)48(57-56-46)54-29-33-10-14-51(3,64)15-11-33/h4-9,12,18,24-26,32-33,36,40,44-45,64H,10-11,13-17,19-23,27-31H2,1-3H3,(H,53,55)(H,54,57)(H,58,63)/t33?,40-,44-,45-,51?/m0/s1. The molecule has 5 fully saturated rings. The number of aromatic nitrogens is 4. The number of morpholine rings is 1. The van der Waals surface area contributed by atoms with Crippen LogP contribution >= 0.6 is 0 Å². The fraction of sp³-hybridized carbons (Fsp3) is 0.538. The summed E-state index contributed by atoms with van der Waals surface area (Å²) in [6, 6.07) is 19.4. The minimum atomic E-state index is -4.79. The van der Waals surface area contributed by atoms with E-state index in [9.17, 15) is 28.4 Å². The molecule has 11 rings (SSSR count). The van der Waals surface area contributed by atoms with Gasteiger partial charge in [0.2, 0.25) is 16.7 Å². The first-order valence-electron chi connectivity index (χ1n) is 25.5. The number of nitro groups is 1. The molecular formula is C52H64N10O9S. The zero-order valence-electron chi connectivity index (χ0n) is 41.1. The molecule has 1 spiro atoms. The second-order valence-corrected chi connectivity index (χ2v) is 23.1. The summed E-state index contributed by atoms with van der Waals surface area (Å²) in [5, 5.41) is 33.5. The molecule has 5 aromatic rings. The lowest BCUT2D eigenvalue weighted by atomic mass is 9.59. The Hall–Kier alpha value is -5.93. The number of fused-ring (bicyclic) bond motifs is 3. The van der Waals surface area contributed by atoms with Crippen LogP contribution in [0.1, 0.15) is 112 Å². The number of nitrogens with zero attached hydrogens (tertiary/aromatic N) is 7. The highest BCUT2D eigenvalue weighted by Crippen LogP contribution is 2.54. The Kier molecular flexibility index (Phi) is 12.9. The molecule has 6 aliphatic rings. The third kappa shape index (κ3) is 9.35. The number of aromatic amines is 1. The number of amides is 1. The zero-order valence-corrected chi connectivity index (χ0v) is 41.9. The van der Waals surface area contributed by atoms with Gasteiger partial charge in [0.05, 0.1) is 59.7 Å². The van der Waals surface area contributed by atoms with E-state index < -0.39 is 43.3 Å². The number of sulfonamides is 1. The van der Waals surface area contributed by atoms with Gasteiger partial charge in [0.15, 0.2) is 0 Å². The second kappa shape index (κ2) is 19.2. The van der Waals surface area contributed by atoms with Crippen LogP contribution in [0.25, 0.3) is 11.0 Å². The first-order chi connectivity index (χ1) is 34.6. The van der Waals surface area contributed by atoms with Gasteiger partial charge < -0.3 is 39.4 Å². The molecule has 72 heavy (non-hydrogen) atoms. The smallest absolute Gasteiger partial charge is 0.316 e. The van der Waals surface area contributed by atoms with Crippen molar-refractivity contribution < 1.29 is 37.5 Å². The van der Waals surface area contributed by atoms with Gasteiger partial charge in [-0.2, -0.15) is 13.4 Å². The summed E-state index contributed by atoms with van der Waals surface area (Å²) in [4.78, 5) is 41.3. The van der Waals surface area contributed by atoms with Crippen molar-refractivity contribution in [2.45, 2.75) is 119 Å². The maximum absolute atomic E-state index is 14.7. The molecule has 0 unspecified atom stereocenters. The number of carbonyl (C=O) groups excluding carboxylic acids is 1. The van der Waals surface area contributed by atoms with Crippen LogP contribution in [-0.4, -0.2) is 126 Å². The average Bonchev–Trinajstić information content (AvgIpc) is 3.83. The second-order valence-electron chi connectivity index (χ2n) is 21.5. The fourth-order valence-electron chi connectivity index (χ4n) is 12.3. The number of benzene rings is 2. The molecule has 2 aromatic carbocycles. The Morgan fingerprint density at radius 3 is 2.51 bits per heavy atom. The van der Waals surface area contributed by atoms with Crippen LogP contribution in [0.5, 0.6) is 5.88 Å². The van der Waals surface area contributed by atoms with Crippen molar-refractivity contribution in [3.63, 3.8) is 0 Å². The van der Waals surface area contributed by atoms with Gasteiger partial charge in [0.25, 0.3) is 15.9 Å². The number of pyridine rings is 1. The van der Waals surface area contributed by atoms with Gasteiger partial charge in [-0.25, -0.2) is 4.72 Å². The molecule has 382 valence electrons. The number of piperidine rings is 1. The largest absolute Gasteiger partial charge is 0.468 e. The van der Waals surface area contributed by atoms with Crippen molar-refractivity contribution in [2.75, 3.05) is 67.7 Å². The van der Waals surface area contributed by atoms with Gasteiger partial charge in [0, 0.05) is 56.1 Å². The molecule has 4 aliphatic heterocycles. The molecule has 7 heterocycles. The van der Waals surface area contributed by atoms with E-state index >= 15 is 0 Å². The summed E-state index contributed by atoms with van der Waals surface area (Å²) in [5.41, 5.74) is 4.32. The number of rotatable bonds is 12. The summed E-state index contributed by atoms with van der Waals surface area (Å²) in [6.45, 7) is 11.4. The van der Waals surface area contributed by atoms with Crippen molar-refractivity contribution in [1.29, 1.82) is 0 Å². The summed E-state index contributed by atoms with van der Waals surface area (Å²) in [5.74, 6) is -0.226. The number of aliphatic hydroxyl groups is 1. The topological polar surface area (TPSA) is 231 Å². The maximum Gasteiger partial charge on any atom is 0.316 e. The van der Waals surface area contributed by atoms with E-state index in [4.69, 9.17) is 19.2 Å². The normalized spacial score (nSPS) is 25.6. The molecule has 2 saturated carbocycles.